The highest BCUT2D eigenvalue weighted by atomic mass is 32.1. The molecule has 0 saturated heterocycles. The van der Waals surface area contributed by atoms with Gasteiger partial charge in [-0.25, -0.2) is 9.59 Å². The predicted octanol–water partition coefficient (Wildman–Crippen LogP) is 1.17. The van der Waals surface area contributed by atoms with E-state index in [1.807, 2.05) is 0 Å². The zero-order valence-corrected chi connectivity index (χ0v) is 7.60. The molecular weight excluding hydrogens is 180 g/mol. The fourth-order valence-corrected chi connectivity index (χ4v) is 0.478. The lowest BCUT2D eigenvalue weighted by Gasteiger charge is -2.03. The van der Waals surface area contributed by atoms with E-state index in [9.17, 15) is 9.59 Å². The van der Waals surface area contributed by atoms with Crippen LogP contribution in [-0.2, 0) is 14.3 Å². The Balaban J connectivity index is 3.38. The fraction of sp³-hybridized carbons (Fsp3) is 0.429. The summed E-state index contributed by atoms with van der Waals surface area (Å²) < 4.78 is 8.99. The van der Waals surface area contributed by atoms with Gasteiger partial charge in [0.2, 0.25) is 0 Å². The van der Waals surface area contributed by atoms with Crippen LogP contribution in [0.25, 0.3) is 0 Å². The van der Waals surface area contributed by atoms with Gasteiger partial charge in [0, 0.05) is 5.57 Å². The minimum absolute atomic E-state index is 0.0152. The fourth-order valence-electron chi connectivity index (χ4n) is 0.387. The molecule has 0 aromatic carbocycles. The molecule has 0 unspecified atom stereocenters. The Morgan fingerprint density at radius 3 is 2.25 bits per heavy atom. The van der Waals surface area contributed by atoms with E-state index in [0.29, 0.717) is 5.57 Å². The standard InChI is InChI=1S/C7H10O4S/c1-5(2)6(8)10-3-4-11-7(9)12/h1,3-4H2,2H3,(H,9,12). The first-order chi connectivity index (χ1) is 5.54. The van der Waals surface area contributed by atoms with Crippen molar-refractivity contribution in [3.63, 3.8) is 0 Å². The maximum absolute atomic E-state index is 10.7. The maximum atomic E-state index is 10.7. The molecule has 68 valence electrons. The summed E-state index contributed by atoms with van der Waals surface area (Å²) in [5.74, 6) is -0.495. The van der Waals surface area contributed by atoms with Crippen LogP contribution in [0, 0.1) is 0 Å². The van der Waals surface area contributed by atoms with Gasteiger partial charge in [-0.1, -0.05) is 19.2 Å². The van der Waals surface area contributed by atoms with Crippen molar-refractivity contribution in [1.29, 1.82) is 0 Å². The second kappa shape index (κ2) is 5.65. The van der Waals surface area contributed by atoms with Crippen LogP contribution in [0.4, 0.5) is 4.79 Å². The van der Waals surface area contributed by atoms with E-state index in [1.54, 1.807) is 0 Å². The third kappa shape index (κ3) is 5.79. The Kier molecular flexibility index (Phi) is 5.19. The Bertz CT molecular complexity index is 200. The summed E-state index contributed by atoms with van der Waals surface area (Å²) in [6.45, 7) is 4.95. The topological polar surface area (TPSA) is 52.6 Å². The van der Waals surface area contributed by atoms with Crippen molar-refractivity contribution in [2.24, 2.45) is 0 Å². The Morgan fingerprint density at radius 1 is 1.33 bits per heavy atom. The molecular formula is C7H10O4S. The molecule has 0 aliphatic heterocycles. The van der Waals surface area contributed by atoms with Gasteiger partial charge in [-0.05, 0) is 6.92 Å². The zero-order chi connectivity index (χ0) is 9.56. The van der Waals surface area contributed by atoms with Crippen LogP contribution >= 0.6 is 12.6 Å². The van der Waals surface area contributed by atoms with Gasteiger partial charge in [-0.2, -0.15) is 0 Å². The molecule has 0 amide bonds. The van der Waals surface area contributed by atoms with E-state index in [1.165, 1.54) is 6.92 Å². The number of carbonyl (C=O) groups excluding carboxylic acids is 2. The van der Waals surface area contributed by atoms with E-state index in [2.05, 4.69) is 28.7 Å². The molecule has 0 heterocycles. The number of thiol groups is 1. The van der Waals surface area contributed by atoms with Crippen molar-refractivity contribution in [3.05, 3.63) is 12.2 Å². The maximum Gasteiger partial charge on any atom is 0.364 e. The van der Waals surface area contributed by atoms with Crippen LogP contribution in [0.15, 0.2) is 12.2 Å². The zero-order valence-electron chi connectivity index (χ0n) is 6.70. The largest absolute Gasteiger partial charge is 0.459 e. The first-order valence-electron chi connectivity index (χ1n) is 3.22. The van der Waals surface area contributed by atoms with Crippen LogP contribution in [0.3, 0.4) is 0 Å². The summed E-state index contributed by atoms with van der Waals surface area (Å²) in [6, 6.07) is 0. The van der Waals surface area contributed by atoms with Crippen LogP contribution in [0.2, 0.25) is 0 Å². The summed E-state index contributed by atoms with van der Waals surface area (Å²) in [5.41, 5.74) is 0.312. The highest BCUT2D eigenvalue weighted by Crippen LogP contribution is 1.92. The molecule has 0 atom stereocenters. The summed E-state index contributed by atoms with van der Waals surface area (Å²) in [7, 11) is 0. The number of rotatable bonds is 4. The van der Waals surface area contributed by atoms with Crippen molar-refractivity contribution in [2.75, 3.05) is 13.2 Å². The molecule has 4 nitrogen and oxygen atoms in total. The van der Waals surface area contributed by atoms with Crippen LogP contribution in [-0.4, -0.2) is 24.5 Å². The van der Waals surface area contributed by atoms with Crippen molar-refractivity contribution in [2.45, 2.75) is 6.92 Å². The van der Waals surface area contributed by atoms with Gasteiger partial charge in [-0.3, -0.25) is 0 Å². The van der Waals surface area contributed by atoms with Gasteiger partial charge >= 0.3 is 11.3 Å². The van der Waals surface area contributed by atoms with Crippen molar-refractivity contribution in [3.8, 4) is 0 Å². The monoisotopic (exact) mass is 190 g/mol. The first kappa shape index (κ1) is 11.0. The molecule has 0 aromatic heterocycles. The lowest BCUT2D eigenvalue weighted by Crippen LogP contribution is -2.11. The molecule has 0 radical (unpaired) electrons. The average molecular weight is 190 g/mol. The first-order valence-corrected chi connectivity index (χ1v) is 3.67. The number of hydrogen-bond acceptors (Lipinski definition) is 4. The van der Waals surface area contributed by atoms with Gasteiger partial charge in [0.15, 0.2) is 0 Å². The summed E-state index contributed by atoms with van der Waals surface area (Å²) in [5, 5.41) is -0.693. The van der Waals surface area contributed by atoms with Gasteiger partial charge in [0.05, 0.1) is 0 Å². The van der Waals surface area contributed by atoms with Crippen molar-refractivity contribution < 1.29 is 19.1 Å². The SMILES string of the molecule is C=C(C)C(=O)OCCOC(=O)S. The van der Waals surface area contributed by atoms with Gasteiger partial charge < -0.3 is 9.47 Å². The molecule has 0 aliphatic carbocycles. The highest BCUT2D eigenvalue weighted by molar-refractivity contribution is 7.96. The highest BCUT2D eigenvalue weighted by Gasteiger charge is 2.02. The summed E-state index contributed by atoms with van der Waals surface area (Å²) in [6.07, 6.45) is 0. The van der Waals surface area contributed by atoms with Gasteiger partial charge in [0.25, 0.3) is 0 Å². The summed E-state index contributed by atoms with van der Waals surface area (Å²) >= 11 is 3.34. The molecule has 0 bridgehead atoms. The second-order valence-electron chi connectivity index (χ2n) is 2.03. The Morgan fingerprint density at radius 2 is 1.83 bits per heavy atom. The van der Waals surface area contributed by atoms with E-state index in [-0.39, 0.29) is 13.2 Å². The van der Waals surface area contributed by atoms with Gasteiger partial charge in [0.1, 0.15) is 13.2 Å². The molecule has 0 spiro atoms. The van der Waals surface area contributed by atoms with E-state index < -0.39 is 11.3 Å². The van der Waals surface area contributed by atoms with Crippen molar-refractivity contribution >= 4 is 23.9 Å². The second-order valence-corrected chi connectivity index (χ2v) is 2.40. The smallest absolute Gasteiger partial charge is 0.364 e. The van der Waals surface area contributed by atoms with E-state index in [4.69, 9.17) is 0 Å². The quantitative estimate of drug-likeness (QED) is 0.313. The molecule has 0 saturated carbocycles. The third-order valence-corrected chi connectivity index (χ3v) is 1.02. The molecule has 0 N–H and O–H groups in total. The number of hydrogen-bond donors (Lipinski definition) is 1. The molecule has 0 aromatic rings. The third-order valence-electron chi connectivity index (χ3n) is 0.890. The average Bonchev–Trinajstić information content (AvgIpc) is 1.97. The normalized spacial score (nSPS) is 8.83. The van der Waals surface area contributed by atoms with Gasteiger partial charge in [-0.15, -0.1) is 0 Å². The van der Waals surface area contributed by atoms with Crippen molar-refractivity contribution in [1.82, 2.24) is 0 Å². The number of ether oxygens (including phenoxy) is 2. The minimum atomic E-state index is -0.693. The Labute approximate surface area is 75.9 Å². The van der Waals surface area contributed by atoms with E-state index >= 15 is 0 Å². The number of carbonyl (C=O) groups is 2. The van der Waals surface area contributed by atoms with E-state index in [0.717, 1.165) is 0 Å². The van der Waals surface area contributed by atoms with Crippen LogP contribution < -0.4 is 0 Å². The summed E-state index contributed by atoms with van der Waals surface area (Å²) in [4.78, 5) is 20.8. The Hall–Kier alpha value is -0.970. The van der Waals surface area contributed by atoms with Crippen LogP contribution in [0.1, 0.15) is 6.92 Å². The lowest BCUT2D eigenvalue weighted by atomic mass is 10.4. The number of esters is 1. The minimum Gasteiger partial charge on any atom is -0.459 e. The molecule has 0 fully saturated rings. The lowest BCUT2D eigenvalue weighted by molar-refractivity contribution is -0.139. The molecule has 5 heteroatoms. The molecule has 0 aliphatic rings. The molecule has 0 rings (SSSR count). The van der Waals surface area contributed by atoms with Crippen LogP contribution in [0.5, 0.6) is 0 Å². The molecule has 12 heavy (non-hydrogen) atoms. The predicted molar refractivity (Wildman–Crippen MR) is 46.1 cm³/mol.